The van der Waals surface area contributed by atoms with Gasteiger partial charge in [0, 0.05) is 10.9 Å². The highest BCUT2D eigenvalue weighted by Gasteiger charge is 2.16. The molecule has 0 atom stereocenters. The zero-order valence-electron chi connectivity index (χ0n) is 10.6. The Labute approximate surface area is 113 Å². The number of hydrogen-bond acceptors (Lipinski definition) is 3. The molecule has 20 heavy (non-hydrogen) atoms. The van der Waals surface area contributed by atoms with Crippen LogP contribution in [0.2, 0.25) is 0 Å². The van der Waals surface area contributed by atoms with Crippen molar-refractivity contribution >= 4 is 16.9 Å². The van der Waals surface area contributed by atoms with Crippen molar-refractivity contribution in [2.75, 3.05) is 0 Å². The predicted octanol–water partition coefficient (Wildman–Crippen LogP) is 3.64. The van der Waals surface area contributed by atoms with Crippen LogP contribution in [0.4, 0.5) is 4.39 Å². The molecular formula is C15H10FNO3. The van der Waals surface area contributed by atoms with Crippen LogP contribution in [0.1, 0.15) is 15.9 Å². The molecule has 0 unspecified atom stereocenters. The van der Waals surface area contributed by atoms with Gasteiger partial charge in [-0.15, -0.1) is 0 Å². The smallest absolute Gasteiger partial charge is 0.336 e. The van der Waals surface area contributed by atoms with Crippen LogP contribution in [-0.2, 0) is 0 Å². The monoisotopic (exact) mass is 271 g/mol. The number of aromatic nitrogens is 1. The zero-order chi connectivity index (χ0) is 14.3. The summed E-state index contributed by atoms with van der Waals surface area (Å²) >= 11 is 0. The Morgan fingerprint density at radius 2 is 2.15 bits per heavy atom. The standard InChI is InChI=1S/C15H10FNO3/c1-8-4-10-11(15(18)19)6-13(9-2-3-20-7-9)17-14(10)12(16)5-8/h2-7H,1H3,(H,18,19). The summed E-state index contributed by atoms with van der Waals surface area (Å²) in [5, 5.41) is 9.61. The molecule has 0 saturated heterocycles. The van der Waals surface area contributed by atoms with Crippen LogP contribution in [-0.4, -0.2) is 16.1 Å². The number of rotatable bonds is 2. The van der Waals surface area contributed by atoms with E-state index in [1.54, 1.807) is 19.1 Å². The van der Waals surface area contributed by atoms with E-state index in [0.717, 1.165) is 0 Å². The van der Waals surface area contributed by atoms with Gasteiger partial charge in [0.25, 0.3) is 0 Å². The summed E-state index contributed by atoms with van der Waals surface area (Å²) in [4.78, 5) is 15.6. The van der Waals surface area contributed by atoms with E-state index in [4.69, 9.17) is 4.42 Å². The number of furan rings is 1. The Morgan fingerprint density at radius 1 is 1.35 bits per heavy atom. The minimum absolute atomic E-state index is 0.0220. The molecule has 5 heteroatoms. The van der Waals surface area contributed by atoms with Crippen LogP contribution in [0.25, 0.3) is 22.2 Å². The third-order valence-electron chi connectivity index (χ3n) is 3.06. The lowest BCUT2D eigenvalue weighted by molar-refractivity contribution is 0.0699. The van der Waals surface area contributed by atoms with E-state index < -0.39 is 11.8 Å². The molecule has 0 amide bonds. The number of aromatic carboxylic acids is 1. The lowest BCUT2D eigenvalue weighted by Gasteiger charge is -2.07. The number of halogens is 1. The quantitative estimate of drug-likeness (QED) is 0.772. The minimum Gasteiger partial charge on any atom is -0.478 e. The topological polar surface area (TPSA) is 63.3 Å². The first-order valence-corrected chi connectivity index (χ1v) is 5.93. The highest BCUT2D eigenvalue weighted by Crippen LogP contribution is 2.27. The van der Waals surface area contributed by atoms with Crippen molar-refractivity contribution in [2.24, 2.45) is 0 Å². The maximum Gasteiger partial charge on any atom is 0.336 e. The molecule has 2 aromatic heterocycles. The Morgan fingerprint density at radius 3 is 2.80 bits per heavy atom. The molecule has 100 valence electrons. The van der Waals surface area contributed by atoms with Crippen molar-refractivity contribution in [3.8, 4) is 11.3 Å². The maximum atomic E-state index is 14.0. The summed E-state index contributed by atoms with van der Waals surface area (Å²) < 4.78 is 19.0. The molecule has 3 aromatic rings. The summed E-state index contributed by atoms with van der Waals surface area (Å²) in [6.07, 6.45) is 2.89. The third-order valence-corrected chi connectivity index (χ3v) is 3.06. The second-order valence-electron chi connectivity index (χ2n) is 4.52. The number of fused-ring (bicyclic) bond motifs is 1. The number of carboxylic acid groups (broad SMARTS) is 1. The van der Waals surface area contributed by atoms with Crippen LogP contribution in [0.15, 0.2) is 41.2 Å². The highest BCUT2D eigenvalue weighted by atomic mass is 19.1. The Hall–Kier alpha value is -2.69. The largest absolute Gasteiger partial charge is 0.478 e. The first kappa shape index (κ1) is 12.3. The van der Waals surface area contributed by atoms with Crippen molar-refractivity contribution in [1.82, 2.24) is 4.98 Å². The molecule has 1 aromatic carbocycles. The van der Waals surface area contributed by atoms with E-state index in [-0.39, 0.29) is 11.1 Å². The summed E-state index contributed by atoms with van der Waals surface area (Å²) in [5.74, 6) is -1.65. The molecule has 0 aliphatic heterocycles. The van der Waals surface area contributed by atoms with E-state index in [1.165, 1.54) is 24.7 Å². The molecule has 4 nitrogen and oxygen atoms in total. The number of benzene rings is 1. The van der Waals surface area contributed by atoms with Gasteiger partial charge in [-0.25, -0.2) is 14.2 Å². The van der Waals surface area contributed by atoms with Crippen LogP contribution in [0.3, 0.4) is 0 Å². The van der Waals surface area contributed by atoms with Crippen LogP contribution in [0.5, 0.6) is 0 Å². The van der Waals surface area contributed by atoms with Gasteiger partial charge in [0.05, 0.1) is 23.8 Å². The third kappa shape index (κ3) is 1.93. The molecular weight excluding hydrogens is 261 g/mol. The fourth-order valence-corrected chi connectivity index (χ4v) is 2.16. The highest BCUT2D eigenvalue weighted by molar-refractivity contribution is 6.04. The van der Waals surface area contributed by atoms with E-state index >= 15 is 0 Å². The molecule has 0 aliphatic rings. The van der Waals surface area contributed by atoms with Crippen molar-refractivity contribution < 1.29 is 18.7 Å². The Bertz CT molecular complexity index is 810. The zero-order valence-corrected chi connectivity index (χ0v) is 10.6. The first-order chi connectivity index (χ1) is 9.56. The number of nitrogens with zero attached hydrogens (tertiary/aromatic N) is 1. The second kappa shape index (κ2) is 4.45. The summed E-state index contributed by atoms with van der Waals surface area (Å²) in [6.45, 7) is 1.71. The van der Waals surface area contributed by atoms with Gasteiger partial charge in [0.15, 0.2) is 0 Å². The van der Waals surface area contributed by atoms with Crippen molar-refractivity contribution in [3.05, 3.63) is 53.7 Å². The van der Waals surface area contributed by atoms with Crippen LogP contribution < -0.4 is 0 Å². The molecule has 1 N–H and O–H groups in total. The number of pyridine rings is 1. The molecule has 0 bridgehead atoms. The fourth-order valence-electron chi connectivity index (χ4n) is 2.16. The second-order valence-corrected chi connectivity index (χ2v) is 4.52. The maximum absolute atomic E-state index is 14.0. The van der Waals surface area contributed by atoms with Crippen molar-refractivity contribution in [3.63, 3.8) is 0 Å². The van der Waals surface area contributed by atoms with Crippen LogP contribution in [0, 0.1) is 12.7 Å². The number of hydrogen-bond donors (Lipinski definition) is 1. The van der Waals surface area contributed by atoms with Gasteiger partial charge in [-0.05, 0) is 36.8 Å². The van der Waals surface area contributed by atoms with Gasteiger partial charge >= 0.3 is 5.97 Å². The predicted molar refractivity (Wildman–Crippen MR) is 71.1 cm³/mol. The van der Waals surface area contributed by atoms with Gasteiger partial charge < -0.3 is 9.52 Å². The van der Waals surface area contributed by atoms with E-state index in [9.17, 15) is 14.3 Å². The molecule has 0 fully saturated rings. The number of carboxylic acids is 1. The normalized spacial score (nSPS) is 10.9. The summed E-state index contributed by atoms with van der Waals surface area (Å²) in [5.41, 5.74) is 1.69. The molecule has 0 radical (unpaired) electrons. The average molecular weight is 271 g/mol. The van der Waals surface area contributed by atoms with Gasteiger partial charge in [0.2, 0.25) is 0 Å². The van der Waals surface area contributed by atoms with Gasteiger partial charge in [-0.1, -0.05) is 0 Å². The Balaban J connectivity index is 2.40. The van der Waals surface area contributed by atoms with Gasteiger partial charge in [0.1, 0.15) is 11.3 Å². The van der Waals surface area contributed by atoms with E-state index in [2.05, 4.69) is 4.98 Å². The van der Waals surface area contributed by atoms with Gasteiger partial charge in [-0.3, -0.25) is 0 Å². The molecule has 3 rings (SSSR count). The fraction of sp³-hybridized carbons (Fsp3) is 0.0667. The van der Waals surface area contributed by atoms with Crippen molar-refractivity contribution in [1.29, 1.82) is 0 Å². The Kier molecular flexibility index (Phi) is 2.75. The average Bonchev–Trinajstić information content (AvgIpc) is 2.91. The summed E-state index contributed by atoms with van der Waals surface area (Å²) in [6, 6.07) is 6.02. The lowest BCUT2D eigenvalue weighted by atomic mass is 10.0. The molecule has 0 saturated carbocycles. The van der Waals surface area contributed by atoms with Crippen LogP contribution >= 0.6 is 0 Å². The molecule has 2 heterocycles. The van der Waals surface area contributed by atoms with E-state index in [1.807, 2.05) is 0 Å². The first-order valence-electron chi connectivity index (χ1n) is 5.93. The van der Waals surface area contributed by atoms with Crippen molar-refractivity contribution in [2.45, 2.75) is 6.92 Å². The van der Waals surface area contributed by atoms with Gasteiger partial charge in [-0.2, -0.15) is 0 Å². The minimum atomic E-state index is -1.12. The number of carbonyl (C=O) groups is 1. The molecule has 0 aliphatic carbocycles. The van der Waals surface area contributed by atoms with E-state index in [0.29, 0.717) is 22.2 Å². The molecule has 0 spiro atoms. The number of aryl methyl sites for hydroxylation is 1. The lowest BCUT2D eigenvalue weighted by Crippen LogP contribution is -2.01. The summed E-state index contributed by atoms with van der Waals surface area (Å²) in [7, 11) is 0. The SMILES string of the molecule is Cc1cc(F)c2nc(-c3ccoc3)cc(C(=O)O)c2c1.